The van der Waals surface area contributed by atoms with Crippen LogP contribution in [0.25, 0.3) is 0 Å². The second-order valence-electron chi connectivity index (χ2n) is 6.65. The molecule has 27 heavy (non-hydrogen) atoms. The summed E-state index contributed by atoms with van der Waals surface area (Å²) in [4.78, 5) is 12.4. The second-order valence-corrected chi connectivity index (χ2v) is 6.65. The van der Waals surface area contributed by atoms with E-state index in [1.807, 2.05) is 6.92 Å². The summed E-state index contributed by atoms with van der Waals surface area (Å²) in [5, 5.41) is 2.34. The number of nitrogens with one attached hydrogen (secondary N) is 1. The van der Waals surface area contributed by atoms with Gasteiger partial charge < -0.3 is 10.1 Å². The number of hydrogen-bond acceptors (Lipinski definition) is 2. The van der Waals surface area contributed by atoms with Crippen molar-refractivity contribution in [3.8, 4) is 5.75 Å². The van der Waals surface area contributed by atoms with E-state index < -0.39 is 35.7 Å². The Morgan fingerprint density at radius 3 is 2.48 bits per heavy atom. The van der Waals surface area contributed by atoms with Crippen LogP contribution in [-0.2, 0) is 11.0 Å². The van der Waals surface area contributed by atoms with Gasteiger partial charge in [0.1, 0.15) is 5.75 Å². The molecule has 2 atom stereocenters. The van der Waals surface area contributed by atoms with Crippen molar-refractivity contribution in [3.63, 3.8) is 0 Å². The second kappa shape index (κ2) is 8.39. The normalized spacial score (nSPS) is 21.0. The molecular formula is C18H21F6NO2. The van der Waals surface area contributed by atoms with Crippen LogP contribution in [0, 0.1) is 11.8 Å². The number of ether oxygens (including phenoxy) is 1. The van der Waals surface area contributed by atoms with E-state index in [0.717, 1.165) is 18.2 Å². The zero-order valence-electron chi connectivity index (χ0n) is 14.7. The highest BCUT2D eigenvalue weighted by Crippen LogP contribution is 2.41. The van der Waals surface area contributed by atoms with E-state index >= 15 is 0 Å². The van der Waals surface area contributed by atoms with Crippen LogP contribution in [0.15, 0.2) is 18.2 Å². The van der Waals surface area contributed by atoms with E-state index in [1.54, 1.807) is 0 Å². The molecule has 1 aromatic carbocycles. The van der Waals surface area contributed by atoms with E-state index in [2.05, 4.69) is 5.32 Å². The molecule has 0 saturated heterocycles. The number of anilines is 1. The molecule has 0 heterocycles. The Morgan fingerprint density at radius 1 is 1.19 bits per heavy atom. The molecule has 1 N–H and O–H groups in total. The summed E-state index contributed by atoms with van der Waals surface area (Å²) in [6.45, 7) is 2.04. The molecule has 0 radical (unpaired) electrons. The molecule has 0 bridgehead atoms. The molecule has 9 heteroatoms. The van der Waals surface area contributed by atoms with Crippen molar-refractivity contribution in [3.05, 3.63) is 23.8 Å². The maximum Gasteiger partial charge on any atom is 0.416 e. The number of rotatable bonds is 5. The molecular weight excluding hydrogens is 376 g/mol. The predicted octanol–water partition coefficient (Wildman–Crippen LogP) is 5.80. The molecule has 1 fully saturated rings. The van der Waals surface area contributed by atoms with Gasteiger partial charge in [-0.05, 0) is 43.9 Å². The molecule has 2 unspecified atom stereocenters. The van der Waals surface area contributed by atoms with Gasteiger partial charge in [0, 0.05) is 5.92 Å². The zero-order chi connectivity index (χ0) is 20.2. The van der Waals surface area contributed by atoms with Crippen molar-refractivity contribution in [1.82, 2.24) is 0 Å². The minimum atomic E-state index is -4.62. The monoisotopic (exact) mass is 397 g/mol. The van der Waals surface area contributed by atoms with Crippen molar-refractivity contribution >= 4 is 11.6 Å². The molecule has 1 amide bonds. The lowest BCUT2D eigenvalue weighted by molar-refractivity contribution is -0.185. The van der Waals surface area contributed by atoms with Crippen LogP contribution in [0.2, 0.25) is 0 Å². The Bertz CT molecular complexity index is 656. The summed E-state index contributed by atoms with van der Waals surface area (Å²) in [6.07, 6.45) is -8.29. The van der Waals surface area contributed by atoms with Gasteiger partial charge >= 0.3 is 12.4 Å². The van der Waals surface area contributed by atoms with Gasteiger partial charge in [0.15, 0.2) is 0 Å². The molecule has 1 aliphatic carbocycles. The number of benzene rings is 1. The van der Waals surface area contributed by atoms with Gasteiger partial charge in [0.2, 0.25) is 5.91 Å². The fourth-order valence-electron chi connectivity index (χ4n) is 3.10. The van der Waals surface area contributed by atoms with Crippen LogP contribution in [0.3, 0.4) is 0 Å². The summed E-state index contributed by atoms with van der Waals surface area (Å²) in [7, 11) is 0. The molecule has 0 aliphatic heterocycles. The molecule has 3 nitrogen and oxygen atoms in total. The first kappa shape index (κ1) is 21.4. The molecule has 1 aromatic rings. The summed E-state index contributed by atoms with van der Waals surface area (Å²) in [5.74, 6) is -3.13. The summed E-state index contributed by atoms with van der Waals surface area (Å²) < 4.78 is 82.9. The van der Waals surface area contributed by atoms with E-state index in [4.69, 9.17) is 4.74 Å². The maximum atomic E-state index is 12.9. The molecule has 2 rings (SSSR count). The van der Waals surface area contributed by atoms with E-state index in [0.29, 0.717) is 6.42 Å². The van der Waals surface area contributed by atoms with E-state index in [9.17, 15) is 31.1 Å². The van der Waals surface area contributed by atoms with Crippen LogP contribution < -0.4 is 10.1 Å². The van der Waals surface area contributed by atoms with Crippen molar-refractivity contribution < 1.29 is 35.9 Å². The van der Waals surface area contributed by atoms with Crippen LogP contribution >= 0.6 is 0 Å². The van der Waals surface area contributed by atoms with Gasteiger partial charge in [-0.1, -0.05) is 13.3 Å². The highest BCUT2D eigenvalue weighted by molar-refractivity contribution is 5.94. The summed E-state index contributed by atoms with van der Waals surface area (Å²) >= 11 is 0. The van der Waals surface area contributed by atoms with Crippen molar-refractivity contribution in [2.45, 2.75) is 51.4 Å². The predicted molar refractivity (Wildman–Crippen MR) is 87.4 cm³/mol. The molecule has 1 saturated carbocycles. The van der Waals surface area contributed by atoms with Gasteiger partial charge in [-0.3, -0.25) is 4.79 Å². The Balaban J connectivity index is 2.19. The average Bonchev–Trinajstić information content (AvgIpc) is 2.59. The smallest absolute Gasteiger partial charge is 0.416 e. The number of amides is 1. The Hall–Kier alpha value is -1.93. The van der Waals surface area contributed by atoms with Crippen LogP contribution in [0.1, 0.15) is 44.6 Å². The Morgan fingerprint density at radius 2 is 1.89 bits per heavy atom. The first-order valence-corrected chi connectivity index (χ1v) is 8.74. The molecule has 0 spiro atoms. The fraction of sp³-hybridized carbons (Fsp3) is 0.611. The van der Waals surface area contributed by atoms with Crippen LogP contribution in [0.5, 0.6) is 5.75 Å². The molecule has 152 valence electrons. The van der Waals surface area contributed by atoms with Crippen LogP contribution in [0.4, 0.5) is 32.0 Å². The quantitative estimate of drug-likeness (QED) is 0.638. The van der Waals surface area contributed by atoms with Gasteiger partial charge in [0.25, 0.3) is 0 Å². The lowest BCUT2D eigenvalue weighted by Gasteiger charge is -2.30. The van der Waals surface area contributed by atoms with E-state index in [1.165, 1.54) is 0 Å². The maximum absolute atomic E-state index is 12.9. The lowest BCUT2D eigenvalue weighted by Crippen LogP contribution is -2.34. The zero-order valence-corrected chi connectivity index (χ0v) is 14.7. The van der Waals surface area contributed by atoms with Gasteiger partial charge in [-0.25, -0.2) is 0 Å². The number of halogens is 6. The third kappa shape index (κ3) is 5.77. The Labute approximate surface area is 153 Å². The minimum absolute atomic E-state index is 0.0400. The number of alkyl halides is 6. The molecule has 1 aliphatic rings. The van der Waals surface area contributed by atoms with Crippen molar-refractivity contribution in [2.75, 3.05) is 11.9 Å². The van der Waals surface area contributed by atoms with Crippen molar-refractivity contribution in [2.24, 2.45) is 11.8 Å². The average molecular weight is 397 g/mol. The lowest BCUT2D eigenvalue weighted by atomic mass is 9.80. The minimum Gasteiger partial charge on any atom is -0.491 e. The topological polar surface area (TPSA) is 38.3 Å². The van der Waals surface area contributed by atoms with E-state index in [-0.39, 0.29) is 43.7 Å². The van der Waals surface area contributed by atoms with Crippen molar-refractivity contribution in [1.29, 1.82) is 0 Å². The van der Waals surface area contributed by atoms with Gasteiger partial charge in [0.05, 0.1) is 23.8 Å². The third-order valence-corrected chi connectivity index (χ3v) is 4.53. The van der Waals surface area contributed by atoms with Gasteiger partial charge in [-0.15, -0.1) is 0 Å². The van der Waals surface area contributed by atoms with Gasteiger partial charge in [-0.2, -0.15) is 26.3 Å². The highest BCUT2D eigenvalue weighted by atomic mass is 19.4. The first-order valence-electron chi connectivity index (χ1n) is 8.74. The highest BCUT2D eigenvalue weighted by Gasteiger charge is 2.43. The summed E-state index contributed by atoms with van der Waals surface area (Å²) in [5.41, 5.74) is -1.16. The first-order chi connectivity index (χ1) is 12.5. The van der Waals surface area contributed by atoms with Crippen LogP contribution in [-0.4, -0.2) is 18.7 Å². The standard InChI is InChI=1S/C18H21F6NO2/c1-2-8-27-15-7-6-13(18(22,23)24)10-14(15)25-16(26)11-4-3-5-12(9-11)17(19,20)21/h6-7,10-12H,2-5,8-9H2,1H3,(H,25,26). The largest absolute Gasteiger partial charge is 0.491 e. The number of carbonyl (C=O) groups excluding carboxylic acids is 1. The SMILES string of the molecule is CCCOc1ccc(C(F)(F)F)cc1NC(=O)C1CCCC(C(F)(F)F)C1. The molecule has 0 aromatic heterocycles. The number of carbonyl (C=O) groups is 1. The third-order valence-electron chi connectivity index (χ3n) is 4.53. The fourth-order valence-corrected chi connectivity index (χ4v) is 3.10. The summed E-state index contributed by atoms with van der Waals surface area (Å²) in [6, 6.07) is 2.68. The Kier molecular flexibility index (Phi) is 6.64. The number of hydrogen-bond donors (Lipinski definition) is 1.